The lowest BCUT2D eigenvalue weighted by Crippen LogP contribution is -2.54. The van der Waals surface area contributed by atoms with Crippen molar-refractivity contribution in [3.8, 4) is 0 Å². The lowest BCUT2D eigenvalue weighted by Gasteiger charge is -2.36. The fourth-order valence-corrected chi connectivity index (χ4v) is 4.17. The van der Waals surface area contributed by atoms with Gasteiger partial charge in [-0.2, -0.15) is 0 Å². The largest absolute Gasteiger partial charge is 0.383 e. The van der Waals surface area contributed by atoms with E-state index in [9.17, 15) is 14.4 Å². The van der Waals surface area contributed by atoms with E-state index in [1.54, 1.807) is 12.0 Å². The number of urea groups is 1. The quantitative estimate of drug-likeness (QED) is 0.727. The summed E-state index contributed by atoms with van der Waals surface area (Å²) in [7, 11) is 1.58. The van der Waals surface area contributed by atoms with Crippen molar-refractivity contribution < 1.29 is 19.1 Å². The van der Waals surface area contributed by atoms with Crippen molar-refractivity contribution in [1.82, 2.24) is 15.1 Å². The number of carbonyl (C=O) groups is 3. The minimum atomic E-state index is -0.841. The predicted octanol–water partition coefficient (Wildman–Crippen LogP) is 2.16. The molecule has 1 saturated heterocycles. The van der Waals surface area contributed by atoms with Crippen molar-refractivity contribution in [3.05, 3.63) is 35.9 Å². The summed E-state index contributed by atoms with van der Waals surface area (Å²) < 4.78 is 5.12. The Bertz CT molecular complexity index is 724. The number of methoxy groups -OCH3 is 1. The van der Waals surface area contributed by atoms with Gasteiger partial charge in [0.15, 0.2) is 0 Å². The van der Waals surface area contributed by atoms with E-state index in [-0.39, 0.29) is 24.3 Å². The van der Waals surface area contributed by atoms with Crippen LogP contribution in [0.2, 0.25) is 0 Å². The summed E-state index contributed by atoms with van der Waals surface area (Å²) in [6, 6.07) is 9.18. The van der Waals surface area contributed by atoms with Crippen LogP contribution in [0.25, 0.3) is 0 Å². The molecule has 1 aromatic carbocycles. The van der Waals surface area contributed by atoms with Crippen molar-refractivity contribution in [2.24, 2.45) is 5.92 Å². The van der Waals surface area contributed by atoms with Crippen molar-refractivity contribution in [1.29, 1.82) is 0 Å². The van der Waals surface area contributed by atoms with Crippen LogP contribution in [0.15, 0.2) is 30.3 Å². The van der Waals surface area contributed by atoms with Gasteiger partial charge in [-0.15, -0.1) is 0 Å². The molecule has 7 heteroatoms. The number of nitrogens with one attached hydrogen (secondary N) is 1. The van der Waals surface area contributed by atoms with Gasteiger partial charge in [-0.25, -0.2) is 4.79 Å². The van der Waals surface area contributed by atoms with Gasteiger partial charge in [0.1, 0.15) is 12.1 Å². The molecule has 1 N–H and O–H groups in total. The third-order valence-corrected chi connectivity index (χ3v) is 5.93. The third-order valence-electron chi connectivity index (χ3n) is 5.93. The summed E-state index contributed by atoms with van der Waals surface area (Å²) in [6.07, 6.45) is 3.52. The first kappa shape index (κ1) is 20.3. The highest BCUT2D eigenvalue weighted by atomic mass is 16.5. The maximum absolute atomic E-state index is 13.1. The maximum atomic E-state index is 13.1. The molecule has 1 aliphatic carbocycles. The van der Waals surface area contributed by atoms with Gasteiger partial charge in [-0.3, -0.25) is 14.5 Å². The Morgan fingerprint density at radius 3 is 2.71 bits per heavy atom. The number of carbonyl (C=O) groups excluding carboxylic acids is 3. The van der Waals surface area contributed by atoms with Gasteiger partial charge in [0, 0.05) is 20.2 Å². The number of amides is 4. The normalized spacial score (nSPS) is 24.5. The summed E-state index contributed by atoms with van der Waals surface area (Å²) in [5.74, 6) is -0.443. The zero-order valence-corrected chi connectivity index (χ0v) is 16.6. The molecule has 3 rings (SSSR count). The molecule has 7 nitrogen and oxygen atoms in total. The number of imide groups is 1. The molecule has 1 aromatic rings. The van der Waals surface area contributed by atoms with E-state index in [0.717, 1.165) is 29.7 Å². The first-order valence-corrected chi connectivity index (χ1v) is 9.92. The molecule has 1 heterocycles. The van der Waals surface area contributed by atoms with E-state index in [1.807, 2.05) is 37.3 Å². The highest BCUT2D eigenvalue weighted by Crippen LogP contribution is 2.38. The Balaban J connectivity index is 1.71. The van der Waals surface area contributed by atoms with Crippen LogP contribution in [-0.2, 0) is 20.9 Å². The molecule has 0 bridgehead atoms. The Labute approximate surface area is 166 Å². The first-order valence-electron chi connectivity index (χ1n) is 9.92. The van der Waals surface area contributed by atoms with Gasteiger partial charge in [0.25, 0.3) is 5.91 Å². The molecular formula is C21H29N3O4. The summed E-state index contributed by atoms with van der Waals surface area (Å²) in [5.41, 5.74) is 0.147. The van der Waals surface area contributed by atoms with E-state index in [4.69, 9.17) is 4.74 Å². The van der Waals surface area contributed by atoms with Gasteiger partial charge in [0.05, 0.1) is 6.61 Å². The van der Waals surface area contributed by atoms with Crippen LogP contribution in [0.3, 0.4) is 0 Å². The standard InChI is InChI=1S/C21H29N3O4/c1-16-8-6-7-11-21(16)19(26)24(20(27)22-21)15-18(25)23(12-13-28-2)14-17-9-4-3-5-10-17/h3-5,9-10,16H,6-8,11-15H2,1-2H3,(H,22,27)/t16-,21+/m0/s1. The van der Waals surface area contributed by atoms with Gasteiger partial charge in [0.2, 0.25) is 5.91 Å². The molecule has 0 unspecified atom stereocenters. The molecule has 2 fully saturated rings. The molecule has 28 heavy (non-hydrogen) atoms. The highest BCUT2D eigenvalue weighted by molar-refractivity contribution is 6.09. The Kier molecular flexibility index (Phi) is 6.34. The van der Waals surface area contributed by atoms with Crippen LogP contribution in [-0.4, -0.2) is 60.0 Å². The molecule has 4 amide bonds. The smallest absolute Gasteiger partial charge is 0.325 e. The zero-order chi connectivity index (χ0) is 20.1. The van der Waals surface area contributed by atoms with E-state index in [0.29, 0.717) is 26.1 Å². The molecule has 2 atom stereocenters. The molecule has 2 aliphatic rings. The van der Waals surface area contributed by atoms with Crippen molar-refractivity contribution in [3.63, 3.8) is 0 Å². The van der Waals surface area contributed by atoms with E-state index in [2.05, 4.69) is 5.32 Å². The Morgan fingerprint density at radius 1 is 1.29 bits per heavy atom. The van der Waals surface area contributed by atoms with Gasteiger partial charge in [-0.1, -0.05) is 50.1 Å². The first-order chi connectivity index (χ1) is 13.5. The van der Waals surface area contributed by atoms with Gasteiger partial charge in [-0.05, 0) is 24.3 Å². The molecule has 0 aromatic heterocycles. The summed E-state index contributed by atoms with van der Waals surface area (Å²) >= 11 is 0. The monoisotopic (exact) mass is 387 g/mol. The van der Waals surface area contributed by atoms with E-state index < -0.39 is 11.6 Å². The number of hydrogen-bond donors (Lipinski definition) is 1. The van der Waals surface area contributed by atoms with Crippen LogP contribution >= 0.6 is 0 Å². The number of benzene rings is 1. The van der Waals surface area contributed by atoms with Crippen LogP contribution in [0.1, 0.15) is 38.2 Å². The fourth-order valence-electron chi connectivity index (χ4n) is 4.17. The number of hydrogen-bond acceptors (Lipinski definition) is 4. The van der Waals surface area contributed by atoms with Crippen LogP contribution in [0.4, 0.5) is 4.79 Å². The minimum absolute atomic E-state index is 0.0757. The Hall–Kier alpha value is -2.41. The highest BCUT2D eigenvalue weighted by Gasteiger charge is 2.55. The summed E-state index contributed by atoms with van der Waals surface area (Å²) in [6.45, 7) is 2.96. The van der Waals surface area contributed by atoms with Crippen molar-refractivity contribution in [2.75, 3.05) is 26.8 Å². The molecule has 1 aliphatic heterocycles. The van der Waals surface area contributed by atoms with Crippen molar-refractivity contribution >= 4 is 17.8 Å². The second-order valence-electron chi connectivity index (χ2n) is 7.73. The molecule has 0 radical (unpaired) electrons. The maximum Gasteiger partial charge on any atom is 0.325 e. The van der Waals surface area contributed by atoms with Crippen molar-refractivity contribution in [2.45, 2.75) is 44.7 Å². The second-order valence-corrected chi connectivity index (χ2v) is 7.73. The predicted molar refractivity (Wildman–Crippen MR) is 104 cm³/mol. The lowest BCUT2D eigenvalue weighted by molar-refractivity contribution is -0.141. The fraction of sp³-hybridized carbons (Fsp3) is 0.571. The lowest BCUT2D eigenvalue weighted by atomic mass is 9.73. The molecule has 1 spiro atoms. The average Bonchev–Trinajstić information content (AvgIpc) is 2.93. The van der Waals surface area contributed by atoms with Gasteiger partial charge >= 0.3 is 6.03 Å². The number of rotatable bonds is 7. The number of ether oxygens (including phenoxy) is 1. The SMILES string of the molecule is COCCN(Cc1ccccc1)C(=O)CN1C(=O)N[C@@]2(CCCC[C@@H]2C)C1=O. The van der Waals surface area contributed by atoms with Crippen LogP contribution < -0.4 is 5.32 Å². The van der Waals surface area contributed by atoms with Crippen LogP contribution in [0, 0.1) is 5.92 Å². The second kappa shape index (κ2) is 8.73. The zero-order valence-electron chi connectivity index (χ0n) is 16.6. The molecular weight excluding hydrogens is 358 g/mol. The van der Waals surface area contributed by atoms with Crippen LogP contribution in [0.5, 0.6) is 0 Å². The average molecular weight is 387 g/mol. The third kappa shape index (κ3) is 4.04. The number of nitrogens with zero attached hydrogens (tertiary/aromatic N) is 2. The van der Waals surface area contributed by atoms with Gasteiger partial charge < -0.3 is 15.0 Å². The Morgan fingerprint density at radius 2 is 2.04 bits per heavy atom. The summed E-state index contributed by atoms with van der Waals surface area (Å²) in [5, 5.41) is 2.90. The van der Waals surface area contributed by atoms with E-state index >= 15 is 0 Å². The molecule has 1 saturated carbocycles. The molecule has 152 valence electrons. The topological polar surface area (TPSA) is 79.0 Å². The minimum Gasteiger partial charge on any atom is -0.383 e. The van der Waals surface area contributed by atoms with E-state index in [1.165, 1.54) is 0 Å². The summed E-state index contributed by atoms with van der Waals surface area (Å²) in [4.78, 5) is 41.3.